The van der Waals surface area contributed by atoms with E-state index in [0.717, 1.165) is 16.6 Å². The second-order valence-electron chi connectivity index (χ2n) is 4.00. The number of nitrogens with two attached hydrogens (primary N) is 2. The molecule has 0 aliphatic rings. The van der Waals surface area contributed by atoms with Crippen LogP contribution in [0.5, 0.6) is 0 Å². The summed E-state index contributed by atoms with van der Waals surface area (Å²) in [6.07, 6.45) is 0. The number of nitrogens with zero attached hydrogens (tertiary/aromatic N) is 4. The normalized spacial score (nSPS) is 10.4. The quantitative estimate of drug-likeness (QED) is 0.891. The van der Waals surface area contributed by atoms with Crippen LogP contribution in [-0.4, -0.2) is 21.5 Å². The number of anilines is 3. The first-order valence-electron chi connectivity index (χ1n) is 5.85. The number of halogens is 1. The second-order valence-corrected chi connectivity index (χ2v) is 4.91. The van der Waals surface area contributed by atoms with E-state index >= 15 is 0 Å². The van der Waals surface area contributed by atoms with Crippen LogP contribution in [0, 0.1) is 0 Å². The first-order chi connectivity index (χ1) is 9.08. The predicted octanol–water partition coefficient (Wildman–Crippen LogP) is 1.82. The van der Waals surface area contributed by atoms with E-state index in [2.05, 4.69) is 36.9 Å². The monoisotopic (exact) mass is 322 g/mol. The van der Waals surface area contributed by atoms with Gasteiger partial charge in [0.25, 0.3) is 0 Å². The Kier molecular flexibility index (Phi) is 4.16. The van der Waals surface area contributed by atoms with Crippen molar-refractivity contribution in [2.24, 2.45) is 0 Å². The fourth-order valence-corrected chi connectivity index (χ4v) is 2.16. The second kappa shape index (κ2) is 5.83. The highest BCUT2D eigenvalue weighted by atomic mass is 79.9. The van der Waals surface area contributed by atoms with Crippen molar-refractivity contribution in [1.29, 1.82) is 0 Å². The zero-order chi connectivity index (χ0) is 13.8. The van der Waals surface area contributed by atoms with Crippen LogP contribution in [0.15, 0.2) is 28.7 Å². The van der Waals surface area contributed by atoms with Crippen LogP contribution >= 0.6 is 15.9 Å². The molecule has 1 heterocycles. The van der Waals surface area contributed by atoms with Crippen molar-refractivity contribution in [3.8, 4) is 0 Å². The highest BCUT2D eigenvalue weighted by Crippen LogP contribution is 2.17. The molecule has 2 aromatic rings. The van der Waals surface area contributed by atoms with E-state index in [4.69, 9.17) is 11.5 Å². The minimum Gasteiger partial charge on any atom is -0.368 e. The van der Waals surface area contributed by atoms with Gasteiger partial charge in [0.15, 0.2) is 0 Å². The molecule has 0 amide bonds. The summed E-state index contributed by atoms with van der Waals surface area (Å²) < 4.78 is 1.04. The van der Waals surface area contributed by atoms with Crippen molar-refractivity contribution < 1.29 is 0 Å². The summed E-state index contributed by atoms with van der Waals surface area (Å²) in [5.74, 6) is 0.762. The highest BCUT2D eigenvalue weighted by molar-refractivity contribution is 9.10. The largest absolute Gasteiger partial charge is 0.368 e. The van der Waals surface area contributed by atoms with Gasteiger partial charge in [-0.2, -0.15) is 15.0 Å². The van der Waals surface area contributed by atoms with E-state index in [-0.39, 0.29) is 11.9 Å². The zero-order valence-electron chi connectivity index (χ0n) is 10.5. The van der Waals surface area contributed by atoms with Gasteiger partial charge in [0, 0.05) is 17.6 Å². The van der Waals surface area contributed by atoms with Gasteiger partial charge in [0.05, 0.1) is 0 Å². The van der Waals surface area contributed by atoms with Crippen LogP contribution in [0.2, 0.25) is 0 Å². The summed E-state index contributed by atoms with van der Waals surface area (Å²) in [5.41, 5.74) is 12.3. The van der Waals surface area contributed by atoms with Gasteiger partial charge in [-0.3, -0.25) is 0 Å². The van der Waals surface area contributed by atoms with Gasteiger partial charge in [0.1, 0.15) is 0 Å². The van der Waals surface area contributed by atoms with Crippen LogP contribution in [-0.2, 0) is 6.54 Å². The van der Waals surface area contributed by atoms with E-state index in [1.807, 2.05) is 30.0 Å². The molecule has 2 rings (SSSR count). The number of nitrogen functional groups attached to an aromatic ring is 2. The fourth-order valence-electron chi connectivity index (χ4n) is 1.72. The summed E-state index contributed by atoms with van der Waals surface area (Å²) in [7, 11) is 0. The molecule has 0 radical (unpaired) electrons. The molecule has 19 heavy (non-hydrogen) atoms. The molecule has 4 N–H and O–H groups in total. The standard InChI is InChI=1S/C12H15BrN6/c1-2-19(7-8-4-3-5-9(13)6-8)12-17-10(14)16-11(15)18-12/h3-6H,2,7H2,1H3,(H4,14,15,16,17,18). The minimum atomic E-state index is 0.134. The Bertz CT molecular complexity index is 554. The molecule has 100 valence electrons. The Labute approximate surface area is 120 Å². The molecule has 0 fully saturated rings. The number of hydrogen-bond donors (Lipinski definition) is 2. The third-order valence-electron chi connectivity index (χ3n) is 2.59. The fraction of sp³-hybridized carbons (Fsp3) is 0.250. The van der Waals surface area contributed by atoms with E-state index in [1.165, 1.54) is 0 Å². The van der Waals surface area contributed by atoms with Gasteiger partial charge < -0.3 is 16.4 Å². The zero-order valence-corrected chi connectivity index (χ0v) is 12.1. The number of aromatic nitrogens is 3. The Balaban J connectivity index is 2.24. The van der Waals surface area contributed by atoms with E-state index in [9.17, 15) is 0 Å². The van der Waals surface area contributed by atoms with E-state index in [0.29, 0.717) is 12.5 Å². The summed E-state index contributed by atoms with van der Waals surface area (Å²) in [4.78, 5) is 14.0. The molecular weight excluding hydrogens is 308 g/mol. The maximum Gasteiger partial charge on any atom is 0.232 e. The lowest BCUT2D eigenvalue weighted by Crippen LogP contribution is -2.25. The van der Waals surface area contributed by atoms with Gasteiger partial charge in [-0.05, 0) is 24.6 Å². The summed E-state index contributed by atoms with van der Waals surface area (Å²) in [6, 6.07) is 8.07. The number of rotatable bonds is 4. The lowest BCUT2D eigenvalue weighted by atomic mass is 10.2. The van der Waals surface area contributed by atoms with E-state index < -0.39 is 0 Å². The van der Waals surface area contributed by atoms with Crippen LogP contribution in [0.3, 0.4) is 0 Å². The highest BCUT2D eigenvalue weighted by Gasteiger charge is 2.11. The average Bonchev–Trinajstić information content (AvgIpc) is 2.34. The van der Waals surface area contributed by atoms with Crippen LogP contribution in [0.1, 0.15) is 12.5 Å². The Hall–Kier alpha value is -1.89. The summed E-state index contributed by atoms with van der Waals surface area (Å²) in [5, 5.41) is 0. The third-order valence-corrected chi connectivity index (χ3v) is 3.08. The maximum atomic E-state index is 5.59. The lowest BCUT2D eigenvalue weighted by Gasteiger charge is -2.21. The van der Waals surface area contributed by atoms with Crippen molar-refractivity contribution in [2.75, 3.05) is 22.9 Å². The third kappa shape index (κ3) is 3.54. The van der Waals surface area contributed by atoms with Crippen molar-refractivity contribution in [1.82, 2.24) is 15.0 Å². The molecule has 0 aliphatic heterocycles. The van der Waals surface area contributed by atoms with Crippen molar-refractivity contribution in [3.05, 3.63) is 34.3 Å². The topological polar surface area (TPSA) is 94.0 Å². The SMILES string of the molecule is CCN(Cc1cccc(Br)c1)c1nc(N)nc(N)n1. The number of hydrogen-bond acceptors (Lipinski definition) is 6. The molecule has 0 saturated heterocycles. The molecular formula is C12H15BrN6. The molecule has 0 atom stereocenters. The van der Waals surface area contributed by atoms with Crippen LogP contribution < -0.4 is 16.4 Å². The van der Waals surface area contributed by atoms with Crippen molar-refractivity contribution in [2.45, 2.75) is 13.5 Å². The molecule has 0 spiro atoms. The molecule has 0 bridgehead atoms. The smallest absolute Gasteiger partial charge is 0.232 e. The Morgan fingerprint density at radius 1 is 1.16 bits per heavy atom. The van der Waals surface area contributed by atoms with Crippen molar-refractivity contribution in [3.63, 3.8) is 0 Å². The van der Waals surface area contributed by atoms with Gasteiger partial charge >= 0.3 is 0 Å². The van der Waals surface area contributed by atoms with Crippen LogP contribution in [0.25, 0.3) is 0 Å². The van der Waals surface area contributed by atoms with Crippen LogP contribution in [0.4, 0.5) is 17.8 Å². The predicted molar refractivity (Wildman–Crippen MR) is 79.5 cm³/mol. The molecule has 7 heteroatoms. The Morgan fingerprint density at radius 2 is 1.84 bits per heavy atom. The minimum absolute atomic E-state index is 0.134. The van der Waals surface area contributed by atoms with Gasteiger partial charge in [-0.15, -0.1) is 0 Å². The Morgan fingerprint density at radius 3 is 2.42 bits per heavy atom. The first-order valence-corrected chi connectivity index (χ1v) is 6.64. The average molecular weight is 323 g/mol. The molecule has 0 unspecified atom stereocenters. The van der Waals surface area contributed by atoms with Gasteiger partial charge in [-0.25, -0.2) is 0 Å². The molecule has 0 aliphatic carbocycles. The van der Waals surface area contributed by atoms with E-state index in [1.54, 1.807) is 0 Å². The van der Waals surface area contributed by atoms with Gasteiger partial charge in [-0.1, -0.05) is 28.1 Å². The maximum absolute atomic E-state index is 5.59. The molecule has 0 saturated carbocycles. The lowest BCUT2D eigenvalue weighted by molar-refractivity contribution is 0.788. The molecule has 1 aromatic carbocycles. The number of benzene rings is 1. The first kappa shape index (κ1) is 13.5. The molecule has 1 aromatic heterocycles. The summed E-state index contributed by atoms with van der Waals surface area (Å²) in [6.45, 7) is 3.45. The van der Waals surface area contributed by atoms with Gasteiger partial charge in [0.2, 0.25) is 17.8 Å². The summed E-state index contributed by atoms with van der Waals surface area (Å²) >= 11 is 3.45. The van der Waals surface area contributed by atoms with Crippen molar-refractivity contribution >= 4 is 33.8 Å². The molecule has 6 nitrogen and oxygen atoms in total.